The summed E-state index contributed by atoms with van der Waals surface area (Å²) in [5.41, 5.74) is 6.77. The van der Waals surface area contributed by atoms with Crippen molar-refractivity contribution in [2.24, 2.45) is 0 Å². The zero-order chi connectivity index (χ0) is 14.1. The summed E-state index contributed by atoms with van der Waals surface area (Å²) in [6, 6.07) is 0. The number of hydrogen-bond donors (Lipinski definition) is 1. The highest BCUT2D eigenvalue weighted by atomic mass is 32.1. The molecule has 4 nitrogen and oxygen atoms in total. The van der Waals surface area contributed by atoms with Crippen LogP contribution in [0.4, 0.5) is 5.13 Å². The average Bonchev–Trinajstić information content (AvgIpc) is 2.82. The van der Waals surface area contributed by atoms with Crippen LogP contribution in [0.3, 0.4) is 0 Å². The fraction of sp³-hybridized carbons (Fsp3) is 0.571. The Kier molecular flexibility index (Phi) is 7.18. The molecule has 106 valence electrons. The molecule has 0 aromatic carbocycles. The Hall–Kier alpha value is -1.36. The average molecular weight is 282 g/mol. The molecule has 0 radical (unpaired) electrons. The van der Waals surface area contributed by atoms with Gasteiger partial charge in [0.05, 0.1) is 17.9 Å². The second-order valence-electron chi connectivity index (χ2n) is 4.32. The van der Waals surface area contributed by atoms with E-state index in [2.05, 4.69) is 18.8 Å². The zero-order valence-electron chi connectivity index (χ0n) is 11.6. The van der Waals surface area contributed by atoms with Gasteiger partial charge in [-0.05, 0) is 12.8 Å². The Bertz CT molecular complexity index is 427. The monoisotopic (exact) mass is 282 g/mol. The molecule has 0 unspecified atom stereocenters. The molecule has 0 bridgehead atoms. The number of nitrogens with two attached hydrogens (primary N) is 1. The highest BCUT2D eigenvalue weighted by Gasteiger charge is 2.15. The molecule has 0 spiro atoms. The lowest BCUT2D eigenvalue weighted by Gasteiger charge is -2.06. The van der Waals surface area contributed by atoms with Gasteiger partial charge in [0.25, 0.3) is 0 Å². The van der Waals surface area contributed by atoms with E-state index in [0.29, 0.717) is 23.0 Å². The number of carbonyl (C=O) groups excluding carboxylic acids is 1. The Morgan fingerprint density at radius 1 is 1.42 bits per heavy atom. The highest BCUT2D eigenvalue weighted by molar-refractivity contribution is 7.13. The molecule has 5 heteroatoms. The van der Waals surface area contributed by atoms with Crippen molar-refractivity contribution in [1.82, 2.24) is 4.98 Å². The van der Waals surface area contributed by atoms with Crippen LogP contribution in [0.15, 0.2) is 11.5 Å². The molecule has 1 heterocycles. The van der Waals surface area contributed by atoms with E-state index in [-0.39, 0.29) is 5.97 Å². The number of thiazole rings is 1. The van der Waals surface area contributed by atoms with Crippen LogP contribution in [0.2, 0.25) is 0 Å². The van der Waals surface area contributed by atoms with Gasteiger partial charge in [0.15, 0.2) is 5.13 Å². The van der Waals surface area contributed by atoms with Gasteiger partial charge in [0, 0.05) is 5.38 Å². The van der Waals surface area contributed by atoms with Gasteiger partial charge in [-0.1, -0.05) is 39.2 Å². The Labute approximate surface area is 118 Å². The molecule has 1 rings (SSSR count). The molecule has 0 aliphatic rings. The number of rotatable bonds is 8. The number of aromatic nitrogens is 1. The number of hydrogen-bond acceptors (Lipinski definition) is 5. The van der Waals surface area contributed by atoms with Crippen molar-refractivity contribution in [3.63, 3.8) is 0 Å². The summed E-state index contributed by atoms with van der Waals surface area (Å²) >= 11 is 1.33. The van der Waals surface area contributed by atoms with Crippen LogP contribution in [0.5, 0.6) is 0 Å². The van der Waals surface area contributed by atoms with Gasteiger partial charge < -0.3 is 10.5 Å². The second-order valence-corrected chi connectivity index (χ2v) is 5.21. The molecule has 19 heavy (non-hydrogen) atoms. The lowest BCUT2D eigenvalue weighted by molar-refractivity contribution is -0.136. The molecule has 0 atom stereocenters. The van der Waals surface area contributed by atoms with Crippen LogP contribution in [-0.4, -0.2) is 17.6 Å². The second kappa shape index (κ2) is 8.69. The van der Waals surface area contributed by atoms with E-state index in [1.165, 1.54) is 11.3 Å². The molecule has 0 aliphatic carbocycles. The molecule has 0 saturated carbocycles. The van der Waals surface area contributed by atoms with E-state index in [9.17, 15) is 4.79 Å². The maximum Gasteiger partial charge on any atom is 0.340 e. The number of nitrogens with zero attached hydrogens (tertiary/aromatic N) is 1. The number of carbonyl (C=O) groups is 1. The number of unbranched alkanes of at least 4 members (excludes halogenated alkanes) is 3. The van der Waals surface area contributed by atoms with Crippen LogP contribution in [0.1, 0.15) is 51.6 Å². The molecular weight excluding hydrogens is 260 g/mol. The minimum Gasteiger partial charge on any atom is -0.462 e. The van der Waals surface area contributed by atoms with Crippen molar-refractivity contribution in [2.75, 3.05) is 12.3 Å². The number of esters is 1. The standard InChI is InChI=1S/C14H22N2O2S/c1-3-5-7-9-18-13(17)11(8-6-4-2)12-10-19-14(15)16-12/h8,10H,3-7,9H2,1-2H3,(H2,15,16)/b11-8-. The van der Waals surface area contributed by atoms with Crippen molar-refractivity contribution in [3.05, 3.63) is 17.2 Å². The first kappa shape index (κ1) is 15.7. The molecule has 1 aromatic rings. The predicted molar refractivity (Wildman–Crippen MR) is 79.9 cm³/mol. The normalized spacial score (nSPS) is 11.6. The lowest BCUT2D eigenvalue weighted by atomic mass is 10.1. The van der Waals surface area contributed by atoms with Gasteiger partial charge in [0.1, 0.15) is 0 Å². The van der Waals surface area contributed by atoms with Crippen LogP contribution in [-0.2, 0) is 9.53 Å². The van der Waals surface area contributed by atoms with E-state index >= 15 is 0 Å². The molecule has 0 fully saturated rings. The first-order chi connectivity index (χ1) is 9.19. The maximum absolute atomic E-state index is 12.1. The fourth-order valence-electron chi connectivity index (χ4n) is 1.59. The third kappa shape index (κ3) is 5.42. The predicted octanol–water partition coefficient (Wildman–Crippen LogP) is 3.64. The third-order valence-electron chi connectivity index (χ3n) is 2.64. The van der Waals surface area contributed by atoms with Crippen molar-refractivity contribution < 1.29 is 9.53 Å². The molecule has 0 amide bonds. The Morgan fingerprint density at radius 3 is 2.79 bits per heavy atom. The molecule has 2 N–H and O–H groups in total. The number of allylic oxidation sites excluding steroid dienone is 1. The minimum atomic E-state index is -0.296. The van der Waals surface area contributed by atoms with Crippen molar-refractivity contribution in [3.8, 4) is 0 Å². The minimum absolute atomic E-state index is 0.296. The van der Waals surface area contributed by atoms with Gasteiger partial charge in [-0.25, -0.2) is 9.78 Å². The molecule has 0 saturated heterocycles. The molecular formula is C14H22N2O2S. The summed E-state index contributed by atoms with van der Waals surface area (Å²) < 4.78 is 5.28. The summed E-state index contributed by atoms with van der Waals surface area (Å²) in [4.78, 5) is 16.2. The Balaban J connectivity index is 2.66. The van der Waals surface area contributed by atoms with Gasteiger partial charge in [0.2, 0.25) is 0 Å². The summed E-state index contributed by atoms with van der Waals surface area (Å²) in [5, 5.41) is 2.26. The topological polar surface area (TPSA) is 65.2 Å². The summed E-state index contributed by atoms with van der Waals surface area (Å²) in [6.07, 6.45) is 6.78. The Morgan fingerprint density at radius 2 is 2.21 bits per heavy atom. The number of ether oxygens (including phenoxy) is 1. The lowest BCUT2D eigenvalue weighted by Crippen LogP contribution is -2.09. The first-order valence-corrected chi connectivity index (χ1v) is 7.65. The van der Waals surface area contributed by atoms with Crippen LogP contribution in [0.25, 0.3) is 5.57 Å². The SMILES string of the molecule is CCC/C=C(\C(=O)OCCCCC)c1csc(N)n1. The van der Waals surface area contributed by atoms with E-state index < -0.39 is 0 Å². The highest BCUT2D eigenvalue weighted by Crippen LogP contribution is 2.21. The maximum atomic E-state index is 12.1. The van der Waals surface area contributed by atoms with Gasteiger partial charge in [-0.3, -0.25) is 0 Å². The van der Waals surface area contributed by atoms with Gasteiger partial charge in [-0.2, -0.15) is 0 Å². The smallest absolute Gasteiger partial charge is 0.340 e. The first-order valence-electron chi connectivity index (χ1n) is 6.77. The van der Waals surface area contributed by atoms with Crippen molar-refractivity contribution in [1.29, 1.82) is 0 Å². The van der Waals surface area contributed by atoms with Gasteiger partial charge >= 0.3 is 5.97 Å². The van der Waals surface area contributed by atoms with E-state index in [4.69, 9.17) is 10.5 Å². The number of nitrogen functional groups attached to an aromatic ring is 1. The van der Waals surface area contributed by atoms with Crippen LogP contribution >= 0.6 is 11.3 Å². The quantitative estimate of drug-likeness (QED) is 0.449. The van der Waals surface area contributed by atoms with Crippen LogP contribution in [0, 0.1) is 0 Å². The van der Waals surface area contributed by atoms with Crippen molar-refractivity contribution >= 4 is 28.0 Å². The van der Waals surface area contributed by atoms with Crippen LogP contribution < -0.4 is 5.73 Å². The van der Waals surface area contributed by atoms with Crippen molar-refractivity contribution in [2.45, 2.75) is 46.0 Å². The number of anilines is 1. The molecule has 0 aliphatic heterocycles. The van der Waals surface area contributed by atoms with E-state index in [1.54, 1.807) is 5.38 Å². The summed E-state index contributed by atoms with van der Waals surface area (Å²) in [5.74, 6) is -0.296. The van der Waals surface area contributed by atoms with E-state index in [1.807, 2.05) is 6.08 Å². The third-order valence-corrected chi connectivity index (χ3v) is 3.31. The zero-order valence-corrected chi connectivity index (χ0v) is 12.5. The summed E-state index contributed by atoms with van der Waals surface area (Å²) in [7, 11) is 0. The molecule has 1 aromatic heterocycles. The largest absolute Gasteiger partial charge is 0.462 e. The van der Waals surface area contributed by atoms with E-state index in [0.717, 1.165) is 32.1 Å². The fourth-order valence-corrected chi connectivity index (χ4v) is 2.15. The van der Waals surface area contributed by atoms with Gasteiger partial charge in [-0.15, -0.1) is 11.3 Å². The summed E-state index contributed by atoms with van der Waals surface area (Å²) in [6.45, 7) is 4.65.